The van der Waals surface area contributed by atoms with Crippen molar-refractivity contribution in [3.63, 3.8) is 0 Å². The summed E-state index contributed by atoms with van der Waals surface area (Å²) < 4.78 is 0. The normalized spacial score (nSPS) is 10.2. The van der Waals surface area contributed by atoms with Crippen molar-refractivity contribution in [2.45, 2.75) is 0 Å². The second-order valence-corrected chi connectivity index (χ2v) is 4.51. The quantitative estimate of drug-likeness (QED) is 0.657. The summed E-state index contributed by atoms with van der Waals surface area (Å²) in [5, 5.41) is 14.0. The molecule has 0 bridgehead atoms. The van der Waals surface area contributed by atoms with Gasteiger partial charge in [-0.3, -0.25) is 0 Å². The van der Waals surface area contributed by atoms with Gasteiger partial charge in [-0.05, 0) is 10.4 Å². The van der Waals surface area contributed by atoms with Gasteiger partial charge in [0.2, 0.25) is 0 Å². The topological polar surface area (TPSA) is 84.6 Å². The minimum atomic E-state index is -0.102. The molecule has 2 aromatic carbocycles. The summed E-state index contributed by atoms with van der Waals surface area (Å²) in [4.78, 5) is 22.5. The minimum Gasteiger partial charge on any atom is -0.147 e. The molecule has 1 aromatic heterocycles. The van der Waals surface area contributed by atoms with Crippen LogP contribution < -0.4 is 0 Å². The number of benzene rings is 2. The summed E-state index contributed by atoms with van der Waals surface area (Å²) in [6.45, 7) is 0. The fourth-order valence-electron chi connectivity index (χ4n) is 2.17. The maximum atomic E-state index is 11.2. The van der Waals surface area contributed by atoms with Crippen LogP contribution in [0.2, 0.25) is 0 Å². The number of nitroso groups, excluding NO2 is 2. The van der Waals surface area contributed by atoms with Crippen LogP contribution in [0, 0.1) is 9.81 Å². The number of nitrogens with zero attached hydrogens (tertiary/aromatic N) is 4. The third-order valence-electron chi connectivity index (χ3n) is 3.20. The van der Waals surface area contributed by atoms with Gasteiger partial charge in [0.15, 0.2) is 11.4 Å². The molecule has 22 heavy (non-hydrogen) atoms. The van der Waals surface area contributed by atoms with Gasteiger partial charge in [0.05, 0.1) is 0 Å². The lowest BCUT2D eigenvalue weighted by molar-refractivity contribution is 1.04. The van der Waals surface area contributed by atoms with Gasteiger partial charge < -0.3 is 0 Å². The summed E-state index contributed by atoms with van der Waals surface area (Å²) >= 11 is 0. The van der Waals surface area contributed by atoms with Gasteiger partial charge in [-0.15, -0.1) is 20.0 Å². The molecule has 6 nitrogen and oxygen atoms in total. The van der Waals surface area contributed by atoms with Crippen LogP contribution in [0.3, 0.4) is 0 Å². The van der Waals surface area contributed by atoms with E-state index < -0.39 is 0 Å². The number of aromatic nitrogens is 2. The van der Waals surface area contributed by atoms with Crippen LogP contribution in [-0.2, 0) is 0 Å². The highest BCUT2D eigenvalue weighted by atomic mass is 16.3. The van der Waals surface area contributed by atoms with Gasteiger partial charge in [-0.1, -0.05) is 60.7 Å². The highest BCUT2D eigenvalue weighted by molar-refractivity contribution is 5.88. The van der Waals surface area contributed by atoms with Crippen LogP contribution in [0.15, 0.2) is 71.0 Å². The van der Waals surface area contributed by atoms with E-state index in [1.165, 1.54) is 0 Å². The Morgan fingerprint density at radius 1 is 0.591 bits per heavy atom. The average Bonchev–Trinajstić information content (AvgIpc) is 2.61. The van der Waals surface area contributed by atoms with Crippen LogP contribution in [-0.4, -0.2) is 10.2 Å². The summed E-state index contributed by atoms with van der Waals surface area (Å²) in [5.41, 5.74) is 1.57. The Hall–Kier alpha value is -3.28. The molecule has 0 aliphatic rings. The van der Waals surface area contributed by atoms with E-state index in [0.29, 0.717) is 11.1 Å². The van der Waals surface area contributed by atoms with Crippen molar-refractivity contribution < 1.29 is 0 Å². The van der Waals surface area contributed by atoms with E-state index in [1.54, 1.807) is 48.5 Å². The van der Waals surface area contributed by atoms with Gasteiger partial charge >= 0.3 is 0 Å². The fourth-order valence-corrected chi connectivity index (χ4v) is 2.17. The monoisotopic (exact) mass is 290 g/mol. The van der Waals surface area contributed by atoms with E-state index in [9.17, 15) is 9.81 Å². The maximum Gasteiger partial charge on any atom is 0.167 e. The molecule has 0 amide bonds. The Kier molecular flexibility index (Phi) is 3.74. The molecule has 0 fully saturated rings. The third kappa shape index (κ3) is 2.37. The summed E-state index contributed by atoms with van der Waals surface area (Å²) in [6.07, 6.45) is 0. The molecule has 6 heteroatoms. The van der Waals surface area contributed by atoms with E-state index in [1.807, 2.05) is 12.1 Å². The largest absolute Gasteiger partial charge is 0.167 e. The molecule has 0 N–H and O–H groups in total. The van der Waals surface area contributed by atoms with E-state index in [4.69, 9.17) is 0 Å². The highest BCUT2D eigenvalue weighted by Gasteiger charge is 2.20. The van der Waals surface area contributed by atoms with Crippen molar-refractivity contribution in [2.24, 2.45) is 10.4 Å². The zero-order chi connectivity index (χ0) is 15.4. The smallest absolute Gasteiger partial charge is 0.147 e. The third-order valence-corrected chi connectivity index (χ3v) is 3.20. The molecule has 0 spiro atoms. The van der Waals surface area contributed by atoms with Gasteiger partial charge in [0.25, 0.3) is 0 Å². The average molecular weight is 290 g/mol. The summed E-state index contributed by atoms with van der Waals surface area (Å²) in [6, 6.07) is 17.9. The predicted octanol–water partition coefficient (Wildman–Crippen LogP) is 4.61. The first-order chi connectivity index (χ1) is 10.8. The first-order valence-electron chi connectivity index (χ1n) is 6.53. The summed E-state index contributed by atoms with van der Waals surface area (Å²) in [7, 11) is 0. The Labute approximate surface area is 125 Å². The van der Waals surface area contributed by atoms with Crippen molar-refractivity contribution in [2.75, 3.05) is 0 Å². The Morgan fingerprint density at radius 2 is 0.955 bits per heavy atom. The molecule has 0 unspecified atom stereocenters. The minimum absolute atomic E-state index is 0.102. The molecule has 0 atom stereocenters. The lowest BCUT2D eigenvalue weighted by Gasteiger charge is -2.07. The van der Waals surface area contributed by atoms with Crippen LogP contribution in [0.5, 0.6) is 0 Å². The molecule has 0 radical (unpaired) electrons. The van der Waals surface area contributed by atoms with E-state index >= 15 is 0 Å². The fraction of sp³-hybridized carbons (Fsp3) is 0. The van der Waals surface area contributed by atoms with Crippen molar-refractivity contribution in [1.29, 1.82) is 0 Å². The first-order valence-corrected chi connectivity index (χ1v) is 6.53. The van der Waals surface area contributed by atoms with Crippen molar-refractivity contribution in [1.82, 2.24) is 10.2 Å². The number of hydrogen-bond donors (Lipinski definition) is 0. The molecular formula is C16H10N4O2. The zero-order valence-corrected chi connectivity index (χ0v) is 11.4. The molecule has 3 rings (SSSR count). The molecule has 0 saturated heterocycles. The van der Waals surface area contributed by atoms with Gasteiger partial charge in [0, 0.05) is 11.1 Å². The van der Waals surface area contributed by atoms with Crippen LogP contribution in [0.1, 0.15) is 0 Å². The van der Waals surface area contributed by atoms with Crippen molar-refractivity contribution >= 4 is 11.4 Å². The molecule has 106 valence electrons. The first kappa shape index (κ1) is 13.7. The Morgan fingerprint density at radius 3 is 1.27 bits per heavy atom. The number of rotatable bonds is 4. The van der Waals surface area contributed by atoms with Gasteiger partial charge in [-0.25, -0.2) is 0 Å². The lowest BCUT2D eigenvalue weighted by atomic mass is 10.1. The maximum absolute atomic E-state index is 11.2. The Bertz CT molecular complexity index is 750. The second kappa shape index (κ2) is 6.01. The standard InChI is InChI=1S/C16H10N4O2/c21-19-15-13(11-7-3-1-4-8-11)17-18-14(16(15)20-22)12-9-5-2-6-10-12/h1-10H. The second-order valence-electron chi connectivity index (χ2n) is 4.51. The molecule has 1 heterocycles. The highest BCUT2D eigenvalue weighted by Crippen LogP contribution is 2.41. The summed E-state index contributed by atoms with van der Waals surface area (Å²) in [5.74, 6) is 0. The predicted molar refractivity (Wildman–Crippen MR) is 83.8 cm³/mol. The van der Waals surface area contributed by atoms with Crippen LogP contribution in [0.25, 0.3) is 22.5 Å². The van der Waals surface area contributed by atoms with Crippen LogP contribution >= 0.6 is 0 Å². The van der Waals surface area contributed by atoms with Crippen LogP contribution in [0.4, 0.5) is 11.4 Å². The molecule has 0 aliphatic carbocycles. The molecular weight excluding hydrogens is 280 g/mol. The number of hydrogen-bond acceptors (Lipinski definition) is 6. The van der Waals surface area contributed by atoms with E-state index in [-0.39, 0.29) is 22.8 Å². The van der Waals surface area contributed by atoms with Gasteiger partial charge in [0.1, 0.15) is 11.4 Å². The molecule has 0 aliphatic heterocycles. The lowest BCUT2D eigenvalue weighted by Crippen LogP contribution is -1.93. The molecule has 0 saturated carbocycles. The van der Waals surface area contributed by atoms with E-state index in [2.05, 4.69) is 20.6 Å². The van der Waals surface area contributed by atoms with E-state index in [0.717, 1.165) is 0 Å². The van der Waals surface area contributed by atoms with Crippen molar-refractivity contribution in [3.05, 3.63) is 70.5 Å². The van der Waals surface area contributed by atoms with Crippen molar-refractivity contribution in [3.8, 4) is 22.5 Å². The van der Waals surface area contributed by atoms with Gasteiger partial charge in [-0.2, -0.15) is 0 Å². The Balaban J connectivity index is 2.25. The zero-order valence-electron chi connectivity index (χ0n) is 11.4. The SMILES string of the molecule is O=Nc1c(-c2ccccc2)nnc(-c2ccccc2)c1N=O. The molecule has 3 aromatic rings.